The third-order valence-electron chi connectivity index (χ3n) is 2.03. The summed E-state index contributed by atoms with van der Waals surface area (Å²) >= 11 is 6.80. The lowest BCUT2D eigenvalue weighted by Crippen LogP contribution is -2.25. The van der Waals surface area contributed by atoms with Crippen LogP contribution in [0.3, 0.4) is 0 Å². The summed E-state index contributed by atoms with van der Waals surface area (Å²) in [5.41, 5.74) is 0. The average molecular weight is 284 g/mol. The lowest BCUT2D eigenvalue weighted by molar-refractivity contribution is -0.118. The van der Waals surface area contributed by atoms with Gasteiger partial charge in [0.2, 0.25) is 0 Å². The van der Waals surface area contributed by atoms with E-state index in [1.54, 1.807) is 0 Å². The second-order valence-electron chi connectivity index (χ2n) is 2.98. The first kappa shape index (κ1) is 9.72. The van der Waals surface area contributed by atoms with E-state index in [0.717, 1.165) is 12.8 Å². The Bertz CT molecular complexity index is 133. The van der Waals surface area contributed by atoms with Gasteiger partial charge in [-0.25, -0.2) is 0 Å². The second-order valence-corrected chi connectivity index (χ2v) is 5.19. The normalized spacial score (nSPS) is 34.5. The molecule has 0 spiro atoms. The minimum absolute atomic E-state index is 0.0900. The van der Waals surface area contributed by atoms with Crippen LogP contribution in [0.1, 0.15) is 32.1 Å². The molecule has 0 aromatic heterocycles. The van der Waals surface area contributed by atoms with E-state index in [9.17, 15) is 4.79 Å². The van der Waals surface area contributed by atoms with Gasteiger partial charge in [-0.05, 0) is 12.8 Å². The van der Waals surface area contributed by atoms with Crippen LogP contribution in [0, 0.1) is 0 Å². The number of halogens is 2. The molecule has 64 valence electrons. The van der Waals surface area contributed by atoms with Gasteiger partial charge in [-0.1, -0.05) is 51.1 Å². The van der Waals surface area contributed by atoms with Crippen molar-refractivity contribution < 1.29 is 4.79 Å². The first-order valence-corrected chi connectivity index (χ1v) is 5.87. The van der Waals surface area contributed by atoms with Crippen molar-refractivity contribution in [1.29, 1.82) is 0 Å². The van der Waals surface area contributed by atoms with Crippen molar-refractivity contribution in [1.82, 2.24) is 0 Å². The molecule has 0 heterocycles. The Hall–Kier alpha value is 0.630. The topological polar surface area (TPSA) is 17.1 Å². The zero-order valence-corrected chi connectivity index (χ0v) is 9.53. The van der Waals surface area contributed by atoms with Crippen molar-refractivity contribution in [2.75, 3.05) is 0 Å². The molecular weight excluding hydrogens is 272 g/mol. The molecule has 0 aliphatic heterocycles. The van der Waals surface area contributed by atoms with Crippen LogP contribution in [0.25, 0.3) is 0 Å². The van der Waals surface area contributed by atoms with E-state index in [4.69, 9.17) is 0 Å². The number of carbonyl (C=O) groups excluding carboxylic acids is 1. The maximum absolute atomic E-state index is 11.4. The highest BCUT2D eigenvalue weighted by Crippen LogP contribution is 2.23. The Morgan fingerprint density at radius 3 is 1.91 bits per heavy atom. The van der Waals surface area contributed by atoms with Gasteiger partial charge in [-0.2, -0.15) is 0 Å². The lowest BCUT2D eigenvalue weighted by atomic mass is 10.00. The van der Waals surface area contributed by atoms with Crippen LogP contribution in [0.15, 0.2) is 0 Å². The number of alkyl halides is 2. The van der Waals surface area contributed by atoms with Crippen molar-refractivity contribution >= 4 is 37.6 Å². The van der Waals surface area contributed by atoms with Crippen LogP contribution in [0.4, 0.5) is 0 Å². The van der Waals surface area contributed by atoms with Crippen molar-refractivity contribution in [3.63, 3.8) is 0 Å². The zero-order valence-electron chi connectivity index (χ0n) is 6.35. The molecule has 0 bridgehead atoms. The second kappa shape index (κ2) is 4.61. The molecule has 1 rings (SSSR count). The van der Waals surface area contributed by atoms with Crippen LogP contribution in [-0.4, -0.2) is 15.4 Å². The number of rotatable bonds is 0. The highest BCUT2D eigenvalue weighted by Gasteiger charge is 2.23. The third kappa shape index (κ3) is 2.86. The molecule has 1 aliphatic rings. The highest BCUT2D eigenvalue weighted by molar-refractivity contribution is 9.10. The SMILES string of the molecule is O=C1[C@H](Br)CCCCC[C@H]1Br. The van der Waals surface area contributed by atoms with Gasteiger partial charge in [0.1, 0.15) is 0 Å². The van der Waals surface area contributed by atoms with Crippen molar-refractivity contribution in [3.05, 3.63) is 0 Å². The molecule has 1 aliphatic carbocycles. The zero-order chi connectivity index (χ0) is 8.27. The van der Waals surface area contributed by atoms with Gasteiger partial charge in [0, 0.05) is 0 Å². The van der Waals surface area contributed by atoms with E-state index in [-0.39, 0.29) is 9.65 Å². The van der Waals surface area contributed by atoms with Gasteiger partial charge in [0.15, 0.2) is 5.78 Å². The molecule has 1 saturated carbocycles. The molecule has 0 amide bonds. The van der Waals surface area contributed by atoms with E-state index in [0.29, 0.717) is 5.78 Å². The maximum atomic E-state index is 11.4. The molecule has 0 saturated heterocycles. The number of ketones is 1. The Balaban J connectivity index is 2.49. The molecule has 1 nitrogen and oxygen atoms in total. The summed E-state index contributed by atoms with van der Waals surface area (Å²) in [5, 5.41) is 0. The van der Waals surface area contributed by atoms with Gasteiger partial charge < -0.3 is 0 Å². The number of carbonyl (C=O) groups is 1. The maximum Gasteiger partial charge on any atom is 0.160 e. The third-order valence-corrected chi connectivity index (χ3v) is 3.85. The van der Waals surface area contributed by atoms with Crippen molar-refractivity contribution in [3.8, 4) is 0 Å². The molecule has 0 unspecified atom stereocenters. The quantitative estimate of drug-likeness (QED) is 0.625. The van der Waals surface area contributed by atoms with E-state index in [2.05, 4.69) is 31.9 Å². The fourth-order valence-electron chi connectivity index (χ4n) is 1.30. The Labute approximate surface area is 84.2 Å². The van der Waals surface area contributed by atoms with Crippen LogP contribution < -0.4 is 0 Å². The minimum atomic E-state index is 0.0900. The molecule has 0 aromatic rings. The molecular formula is C8H12Br2O. The molecule has 1 fully saturated rings. The lowest BCUT2D eigenvalue weighted by Gasteiger charge is -2.16. The molecule has 3 heteroatoms. The summed E-state index contributed by atoms with van der Waals surface area (Å²) in [6, 6.07) is 0. The largest absolute Gasteiger partial charge is 0.297 e. The summed E-state index contributed by atoms with van der Waals surface area (Å²) in [7, 11) is 0. The first-order chi connectivity index (χ1) is 5.22. The molecule has 2 atom stereocenters. The van der Waals surface area contributed by atoms with Crippen LogP contribution >= 0.6 is 31.9 Å². The van der Waals surface area contributed by atoms with Gasteiger partial charge >= 0.3 is 0 Å². The van der Waals surface area contributed by atoms with Gasteiger partial charge in [0.05, 0.1) is 9.65 Å². The van der Waals surface area contributed by atoms with Crippen LogP contribution in [0.2, 0.25) is 0 Å². The highest BCUT2D eigenvalue weighted by atomic mass is 79.9. The average Bonchev–Trinajstić information content (AvgIpc) is 2.00. The van der Waals surface area contributed by atoms with E-state index in [1.807, 2.05) is 0 Å². The summed E-state index contributed by atoms with van der Waals surface area (Å²) in [6.07, 6.45) is 5.63. The van der Waals surface area contributed by atoms with Crippen molar-refractivity contribution in [2.24, 2.45) is 0 Å². The number of hydrogen-bond donors (Lipinski definition) is 0. The summed E-state index contributed by atoms with van der Waals surface area (Å²) in [6.45, 7) is 0. The molecule has 0 radical (unpaired) electrons. The summed E-state index contributed by atoms with van der Waals surface area (Å²) in [4.78, 5) is 11.6. The van der Waals surface area contributed by atoms with Gasteiger partial charge in [-0.15, -0.1) is 0 Å². The standard InChI is InChI=1S/C8H12Br2O/c9-6-4-2-1-3-5-7(10)8(6)11/h6-7H,1-5H2/t6-,7-/m1/s1. The fraction of sp³-hybridized carbons (Fsp3) is 0.875. The summed E-state index contributed by atoms with van der Waals surface area (Å²) < 4.78 is 0. The van der Waals surface area contributed by atoms with E-state index >= 15 is 0 Å². The van der Waals surface area contributed by atoms with Crippen LogP contribution in [0.5, 0.6) is 0 Å². The molecule has 0 N–H and O–H groups in total. The Morgan fingerprint density at radius 1 is 1.00 bits per heavy atom. The predicted octanol–water partition coefficient (Wildman–Crippen LogP) is 3.05. The van der Waals surface area contributed by atoms with E-state index in [1.165, 1.54) is 19.3 Å². The van der Waals surface area contributed by atoms with Crippen LogP contribution in [-0.2, 0) is 4.79 Å². The van der Waals surface area contributed by atoms with Gasteiger partial charge in [-0.3, -0.25) is 4.79 Å². The van der Waals surface area contributed by atoms with E-state index < -0.39 is 0 Å². The number of Topliss-reactive ketones (excluding diaryl/α,β-unsaturated/α-hetero) is 1. The minimum Gasteiger partial charge on any atom is -0.297 e. The Kier molecular flexibility index (Phi) is 4.07. The number of hydrogen-bond acceptors (Lipinski definition) is 1. The first-order valence-electron chi connectivity index (χ1n) is 4.03. The Morgan fingerprint density at radius 2 is 1.45 bits per heavy atom. The van der Waals surface area contributed by atoms with Gasteiger partial charge in [0.25, 0.3) is 0 Å². The molecule has 0 aromatic carbocycles. The monoisotopic (exact) mass is 282 g/mol. The summed E-state index contributed by atoms with van der Waals surface area (Å²) in [5.74, 6) is 0.324. The molecule has 11 heavy (non-hydrogen) atoms. The van der Waals surface area contributed by atoms with Crippen molar-refractivity contribution in [2.45, 2.75) is 41.8 Å². The predicted molar refractivity (Wildman–Crippen MR) is 53.5 cm³/mol. The smallest absolute Gasteiger partial charge is 0.160 e. The fourth-order valence-corrected chi connectivity index (χ4v) is 2.94.